The maximum absolute atomic E-state index is 12.3. The number of aromatic nitrogens is 1. The zero-order valence-corrected chi connectivity index (χ0v) is 12.0. The molecule has 0 spiro atoms. The van der Waals surface area contributed by atoms with E-state index in [9.17, 15) is 19.1 Å². The van der Waals surface area contributed by atoms with Gasteiger partial charge in [-0.1, -0.05) is 0 Å². The highest BCUT2D eigenvalue weighted by Crippen LogP contribution is 2.23. The molecule has 1 amide bonds. The van der Waals surface area contributed by atoms with E-state index in [-0.39, 0.29) is 22.4 Å². The molecule has 21 heavy (non-hydrogen) atoms. The lowest BCUT2D eigenvalue weighted by atomic mass is 10.0. The minimum absolute atomic E-state index is 0.0463. The van der Waals surface area contributed by atoms with E-state index in [2.05, 4.69) is 4.98 Å². The van der Waals surface area contributed by atoms with Gasteiger partial charge < -0.3 is 10.0 Å². The predicted molar refractivity (Wildman–Crippen MR) is 74.5 cm³/mol. The zero-order chi connectivity index (χ0) is 15.4. The van der Waals surface area contributed by atoms with Gasteiger partial charge in [-0.3, -0.25) is 14.3 Å². The van der Waals surface area contributed by atoms with Crippen LogP contribution in [0.4, 0.5) is 10.5 Å². The van der Waals surface area contributed by atoms with Gasteiger partial charge in [-0.25, -0.2) is 9.78 Å². The molecule has 2 unspecified atom stereocenters. The number of pyridine rings is 1. The summed E-state index contributed by atoms with van der Waals surface area (Å²) < 4.78 is 12.3. The highest BCUT2D eigenvalue weighted by molar-refractivity contribution is 7.85. The van der Waals surface area contributed by atoms with Gasteiger partial charge in [-0.15, -0.1) is 0 Å². The summed E-state index contributed by atoms with van der Waals surface area (Å²) in [6.45, 7) is 0.782. The number of nitro groups is 1. The maximum Gasteiger partial charge on any atom is 0.407 e. The van der Waals surface area contributed by atoms with Crippen LogP contribution in [0.25, 0.3) is 0 Å². The van der Waals surface area contributed by atoms with Gasteiger partial charge in [0.25, 0.3) is 0 Å². The molecule has 0 saturated carbocycles. The van der Waals surface area contributed by atoms with Gasteiger partial charge in [0.15, 0.2) is 0 Å². The van der Waals surface area contributed by atoms with Crippen LogP contribution in [0, 0.1) is 16.0 Å². The van der Waals surface area contributed by atoms with E-state index >= 15 is 0 Å². The van der Waals surface area contributed by atoms with E-state index < -0.39 is 21.8 Å². The number of nitrogens with zero attached hydrogens (tertiary/aromatic N) is 3. The van der Waals surface area contributed by atoms with Gasteiger partial charge in [0.05, 0.1) is 15.7 Å². The monoisotopic (exact) mass is 313 g/mol. The number of carboxylic acid groups (broad SMARTS) is 1. The molecule has 1 aromatic heterocycles. The number of hydrogen-bond donors (Lipinski definition) is 1. The molecule has 9 heteroatoms. The molecule has 0 aromatic carbocycles. The van der Waals surface area contributed by atoms with Gasteiger partial charge in [-0.05, 0) is 24.8 Å². The lowest BCUT2D eigenvalue weighted by Gasteiger charge is -2.30. The summed E-state index contributed by atoms with van der Waals surface area (Å²) in [5.74, 6) is 0.110. The smallest absolute Gasteiger partial charge is 0.407 e. The quantitative estimate of drug-likeness (QED) is 0.665. The predicted octanol–water partition coefficient (Wildman–Crippen LogP) is 1.49. The second-order valence-electron chi connectivity index (χ2n) is 4.83. The van der Waals surface area contributed by atoms with E-state index in [1.54, 1.807) is 0 Å². The van der Waals surface area contributed by atoms with Gasteiger partial charge in [-0.2, -0.15) is 0 Å². The Labute approximate surface area is 123 Å². The van der Waals surface area contributed by atoms with Crippen molar-refractivity contribution in [2.24, 2.45) is 5.92 Å². The van der Waals surface area contributed by atoms with E-state index in [0.717, 1.165) is 6.42 Å². The van der Waals surface area contributed by atoms with E-state index in [4.69, 9.17) is 5.11 Å². The van der Waals surface area contributed by atoms with Crippen LogP contribution in [-0.2, 0) is 10.8 Å². The topological polar surface area (TPSA) is 114 Å². The molecule has 1 saturated heterocycles. The number of likely N-dealkylation sites (tertiary alicyclic amines) is 1. The fraction of sp³-hybridized carbons (Fsp3) is 0.500. The Morgan fingerprint density at radius 2 is 2.38 bits per heavy atom. The highest BCUT2D eigenvalue weighted by Gasteiger charge is 2.27. The molecule has 1 N–H and O–H groups in total. The van der Waals surface area contributed by atoms with Gasteiger partial charge in [0, 0.05) is 31.1 Å². The molecule has 0 aliphatic carbocycles. The molecular formula is C12H15N3O5S. The Hall–Kier alpha value is -2.03. The minimum atomic E-state index is -1.61. The number of carbonyl (C=O) groups is 1. The fourth-order valence-electron chi connectivity index (χ4n) is 2.36. The average Bonchev–Trinajstić information content (AvgIpc) is 2.47. The van der Waals surface area contributed by atoms with Crippen LogP contribution in [0.15, 0.2) is 23.4 Å². The zero-order valence-electron chi connectivity index (χ0n) is 11.2. The molecule has 1 aliphatic heterocycles. The number of hydrogen-bond acceptors (Lipinski definition) is 5. The van der Waals surface area contributed by atoms with Crippen molar-refractivity contribution < 1.29 is 19.0 Å². The van der Waals surface area contributed by atoms with Crippen molar-refractivity contribution in [3.8, 4) is 0 Å². The van der Waals surface area contributed by atoms with Crippen LogP contribution < -0.4 is 0 Å². The Bertz CT molecular complexity index is 580. The lowest BCUT2D eigenvalue weighted by molar-refractivity contribution is -0.388. The van der Waals surface area contributed by atoms with Crippen molar-refractivity contribution in [3.05, 3.63) is 28.4 Å². The summed E-state index contributed by atoms with van der Waals surface area (Å²) >= 11 is 0. The molecule has 114 valence electrons. The molecule has 1 aliphatic rings. The van der Waals surface area contributed by atoms with Crippen LogP contribution in [-0.4, -0.2) is 49.1 Å². The first-order valence-corrected chi connectivity index (χ1v) is 7.76. The van der Waals surface area contributed by atoms with Crippen molar-refractivity contribution in [1.82, 2.24) is 9.88 Å². The molecule has 1 fully saturated rings. The normalized spacial score (nSPS) is 20.0. The van der Waals surface area contributed by atoms with Crippen molar-refractivity contribution in [1.29, 1.82) is 0 Å². The van der Waals surface area contributed by atoms with Crippen LogP contribution >= 0.6 is 0 Å². The first-order chi connectivity index (χ1) is 9.99. The van der Waals surface area contributed by atoms with Crippen molar-refractivity contribution in [3.63, 3.8) is 0 Å². The maximum atomic E-state index is 12.3. The molecule has 2 atom stereocenters. The third-order valence-electron chi connectivity index (χ3n) is 3.34. The fourth-order valence-corrected chi connectivity index (χ4v) is 3.78. The molecule has 1 aromatic rings. The Balaban J connectivity index is 2.08. The summed E-state index contributed by atoms with van der Waals surface area (Å²) in [6.07, 6.45) is 1.84. The number of piperidine rings is 1. The van der Waals surface area contributed by atoms with E-state index in [1.165, 1.54) is 23.2 Å². The minimum Gasteiger partial charge on any atom is -0.465 e. The molecule has 2 rings (SSSR count). The van der Waals surface area contributed by atoms with Crippen LogP contribution in [0.5, 0.6) is 0 Å². The third kappa shape index (κ3) is 3.75. The summed E-state index contributed by atoms with van der Waals surface area (Å²) in [5.41, 5.74) is -0.262. The first-order valence-electron chi connectivity index (χ1n) is 6.44. The SMILES string of the molecule is O=C(O)N1CCCC(CS(=O)c2ncccc2[N+](=O)[O-])C1. The molecule has 0 bridgehead atoms. The Morgan fingerprint density at radius 1 is 1.62 bits per heavy atom. The second kappa shape index (κ2) is 6.61. The molecule has 2 heterocycles. The Morgan fingerprint density at radius 3 is 3.05 bits per heavy atom. The third-order valence-corrected chi connectivity index (χ3v) is 4.86. The first kappa shape index (κ1) is 15.4. The van der Waals surface area contributed by atoms with Crippen LogP contribution in [0.2, 0.25) is 0 Å². The largest absolute Gasteiger partial charge is 0.465 e. The van der Waals surface area contributed by atoms with Gasteiger partial charge in [0.2, 0.25) is 5.03 Å². The standard InChI is InChI=1S/C12H15N3O5S/c16-12(17)14-6-2-3-9(7-14)8-21(20)11-10(15(18)19)4-1-5-13-11/h1,4-5,9H,2-3,6-8H2,(H,16,17). The summed E-state index contributed by atoms with van der Waals surface area (Å²) in [4.78, 5) is 26.4. The highest BCUT2D eigenvalue weighted by atomic mass is 32.2. The van der Waals surface area contributed by atoms with E-state index in [0.29, 0.717) is 19.5 Å². The lowest BCUT2D eigenvalue weighted by Crippen LogP contribution is -2.40. The van der Waals surface area contributed by atoms with E-state index in [1.807, 2.05) is 0 Å². The summed E-state index contributed by atoms with van der Waals surface area (Å²) in [7, 11) is -1.61. The average molecular weight is 313 g/mol. The van der Waals surface area contributed by atoms with Crippen LogP contribution in [0.3, 0.4) is 0 Å². The van der Waals surface area contributed by atoms with Crippen molar-refractivity contribution in [2.45, 2.75) is 17.9 Å². The second-order valence-corrected chi connectivity index (χ2v) is 6.24. The Kier molecular flexibility index (Phi) is 4.84. The van der Waals surface area contributed by atoms with Crippen LogP contribution in [0.1, 0.15) is 12.8 Å². The van der Waals surface area contributed by atoms with Gasteiger partial charge >= 0.3 is 11.8 Å². The molecule has 8 nitrogen and oxygen atoms in total. The summed E-state index contributed by atoms with van der Waals surface area (Å²) in [6, 6.07) is 2.69. The molecular weight excluding hydrogens is 298 g/mol. The number of amides is 1. The van der Waals surface area contributed by atoms with Crippen molar-refractivity contribution >= 4 is 22.6 Å². The van der Waals surface area contributed by atoms with Gasteiger partial charge in [0.1, 0.15) is 0 Å². The number of rotatable bonds is 4. The molecule has 0 radical (unpaired) electrons. The summed E-state index contributed by atoms with van der Waals surface area (Å²) in [5, 5.41) is 19.8. The van der Waals surface area contributed by atoms with Crippen molar-refractivity contribution in [2.75, 3.05) is 18.8 Å².